The number of ether oxygens (including phenoxy) is 1. The molecular weight excluding hydrogens is 298 g/mol. The summed E-state index contributed by atoms with van der Waals surface area (Å²) >= 11 is 0. The molecule has 0 aliphatic carbocycles. The monoisotopic (exact) mass is 317 g/mol. The highest BCUT2D eigenvalue weighted by Gasteiger charge is 2.34. The number of aromatic nitrogens is 1. The molecule has 3 amide bonds. The van der Waals surface area contributed by atoms with Crippen molar-refractivity contribution in [2.45, 2.75) is 32.3 Å². The Morgan fingerprint density at radius 2 is 2.04 bits per heavy atom. The molecular formula is C16H19N3O4. The Morgan fingerprint density at radius 3 is 2.70 bits per heavy atom. The first-order chi connectivity index (χ1) is 11.0. The average molecular weight is 317 g/mol. The maximum atomic E-state index is 12.2. The zero-order valence-electron chi connectivity index (χ0n) is 13.0. The van der Waals surface area contributed by atoms with E-state index in [9.17, 15) is 14.4 Å². The Morgan fingerprint density at radius 1 is 1.30 bits per heavy atom. The summed E-state index contributed by atoms with van der Waals surface area (Å²) in [5.74, 6) is -0.199. The van der Waals surface area contributed by atoms with E-state index >= 15 is 0 Å². The van der Waals surface area contributed by atoms with Gasteiger partial charge in [-0.2, -0.15) is 0 Å². The molecule has 23 heavy (non-hydrogen) atoms. The molecule has 122 valence electrons. The molecule has 7 nitrogen and oxygen atoms in total. The topological polar surface area (TPSA) is 79.8 Å². The number of carbonyl (C=O) groups excluding carboxylic acids is 3. The van der Waals surface area contributed by atoms with Crippen molar-refractivity contribution in [1.29, 1.82) is 0 Å². The molecule has 2 aliphatic rings. The molecule has 0 saturated carbocycles. The van der Waals surface area contributed by atoms with Crippen molar-refractivity contribution in [2.24, 2.45) is 0 Å². The number of amides is 3. The molecule has 3 rings (SSSR count). The van der Waals surface area contributed by atoms with Gasteiger partial charge >= 0.3 is 0 Å². The molecule has 0 unspecified atom stereocenters. The molecule has 2 aliphatic heterocycles. The second-order valence-electron chi connectivity index (χ2n) is 5.92. The van der Waals surface area contributed by atoms with Crippen LogP contribution in [0.2, 0.25) is 0 Å². The van der Waals surface area contributed by atoms with E-state index in [0.29, 0.717) is 25.4 Å². The molecule has 7 heteroatoms. The predicted molar refractivity (Wildman–Crippen MR) is 80.5 cm³/mol. The molecule has 0 aromatic carbocycles. The SMILES string of the molecule is Cc1ccc(O[C@@H]2CCN(C(=O)CN3C(=O)CCC3=O)C2)nc1. The summed E-state index contributed by atoms with van der Waals surface area (Å²) in [6.07, 6.45) is 2.74. The highest BCUT2D eigenvalue weighted by atomic mass is 16.5. The first-order valence-electron chi connectivity index (χ1n) is 7.73. The summed E-state index contributed by atoms with van der Waals surface area (Å²) in [5, 5.41) is 0. The van der Waals surface area contributed by atoms with Crippen molar-refractivity contribution in [3.63, 3.8) is 0 Å². The molecule has 0 spiro atoms. The van der Waals surface area contributed by atoms with Crippen molar-refractivity contribution in [3.8, 4) is 5.88 Å². The van der Waals surface area contributed by atoms with E-state index in [-0.39, 0.29) is 43.2 Å². The summed E-state index contributed by atoms with van der Waals surface area (Å²) in [6, 6.07) is 3.73. The zero-order chi connectivity index (χ0) is 16.4. The van der Waals surface area contributed by atoms with E-state index in [1.807, 2.05) is 13.0 Å². The maximum Gasteiger partial charge on any atom is 0.242 e. The minimum atomic E-state index is -0.265. The van der Waals surface area contributed by atoms with Crippen molar-refractivity contribution in [2.75, 3.05) is 19.6 Å². The minimum absolute atomic E-state index is 0.112. The van der Waals surface area contributed by atoms with Gasteiger partial charge in [0.15, 0.2) is 0 Å². The minimum Gasteiger partial charge on any atom is -0.472 e. The Labute approximate surface area is 134 Å². The van der Waals surface area contributed by atoms with Crippen LogP contribution in [0.15, 0.2) is 18.3 Å². The van der Waals surface area contributed by atoms with Gasteiger partial charge in [-0.3, -0.25) is 19.3 Å². The number of carbonyl (C=O) groups is 3. The highest BCUT2D eigenvalue weighted by molar-refractivity contribution is 6.04. The van der Waals surface area contributed by atoms with Crippen molar-refractivity contribution >= 4 is 17.7 Å². The second kappa shape index (κ2) is 6.36. The van der Waals surface area contributed by atoms with Crippen molar-refractivity contribution in [1.82, 2.24) is 14.8 Å². The smallest absolute Gasteiger partial charge is 0.242 e. The normalized spacial score (nSPS) is 21.2. The number of rotatable bonds is 4. The molecule has 0 N–H and O–H groups in total. The fraction of sp³-hybridized carbons (Fsp3) is 0.500. The first-order valence-corrected chi connectivity index (χ1v) is 7.73. The maximum absolute atomic E-state index is 12.2. The average Bonchev–Trinajstić information content (AvgIpc) is 3.11. The number of hydrogen-bond donors (Lipinski definition) is 0. The van der Waals surface area contributed by atoms with Gasteiger partial charge in [0.1, 0.15) is 12.6 Å². The molecule has 3 heterocycles. The van der Waals surface area contributed by atoms with Gasteiger partial charge in [0.05, 0.1) is 6.54 Å². The summed E-state index contributed by atoms with van der Waals surface area (Å²) in [4.78, 5) is 42.3. The third-order valence-electron chi connectivity index (χ3n) is 4.12. The van der Waals surface area contributed by atoms with E-state index in [2.05, 4.69) is 4.98 Å². The van der Waals surface area contributed by atoms with E-state index in [4.69, 9.17) is 4.74 Å². The van der Waals surface area contributed by atoms with Crippen LogP contribution in [0.1, 0.15) is 24.8 Å². The lowest BCUT2D eigenvalue weighted by atomic mass is 10.3. The standard InChI is InChI=1S/C16H19N3O4/c1-11-2-3-13(17-8-11)23-12-6-7-18(9-12)16(22)10-19-14(20)4-5-15(19)21/h2-3,8,12H,4-7,9-10H2,1H3/t12-/m1/s1. The highest BCUT2D eigenvalue weighted by Crippen LogP contribution is 2.18. The van der Waals surface area contributed by atoms with E-state index in [1.165, 1.54) is 0 Å². The van der Waals surface area contributed by atoms with Crippen LogP contribution in [-0.4, -0.2) is 58.2 Å². The van der Waals surface area contributed by atoms with Crippen LogP contribution in [0.25, 0.3) is 0 Å². The van der Waals surface area contributed by atoms with Gasteiger partial charge in [-0.05, 0) is 12.5 Å². The van der Waals surface area contributed by atoms with E-state index < -0.39 is 0 Å². The summed E-state index contributed by atoms with van der Waals surface area (Å²) in [6.45, 7) is 2.80. The molecule has 0 radical (unpaired) electrons. The van der Waals surface area contributed by atoms with E-state index in [1.54, 1.807) is 17.2 Å². The van der Waals surface area contributed by atoms with Gasteiger partial charge in [-0.1, -0.05) is 6.07 Å². The lowest BCUT2D eigenvalue weighted by Crippen LogP contribution is -2.42. The molecule has 1 aromatic rings. The number of imide groups is 1. The Balaban J connectivity index is 1.52. The molecule has 2 saturated heterocycles. The molecule has 2 fully saturated rings. The summed E-state index contributed by atoms with van der Waals surface area (Å²) in [7, 11) is 0. The number of pyridine rings is 1. The number of hydrogen-bond acceptors (Lipinski definition) is 5. The summed E-state index contributed by atoms with van der Waals surface area (Å²) in [5.41, 5.74) is 1.06. The third kappa shape index (κ3) is 3.49. The summed E-state index contributed by atoms with van der Waals surface area (Å²) < 4.78 is 5.77. The van der Waals surface area contributed by atoms with Crippen LogP contribution in [0, 0.1) is 6.92 Å². The van der Waals surface area contributed by atoms with Crippen LogP contribution in [0.3, 0.4) is 0 Å². The first kappa shape index (κ1) is 15.5. The van der Waals surface area contributed by atoms with Crippen LogP contribution in [-0.2, 0) is 14.4 Å². The number of nitrogens with zero attached hydrogens (tertiary/aromatic N) is 3. The molecule has 0 bridgehead atoms. The second-order valence-corrected chi connectivity index (χ2v) is 5.92. The predicted octanol–water partition coefficient (Wildman–Crippen LogP) is 0.519. The molecule has 1 aromatic heterocycles. The van der Waals surface area contributed by atoms with Crippen LogP contribution in [0.5, 0.6) is 5.88 Å². The number of likely N-dealkylation sites (tertiary alicyclic amines) is 2. The fourth-order valence-electron chi connectivity index (χ4n) is 2.78. The van der Waals surface area contributed by atoms with Gasteiger partial charge in [-0.25, -0.2) is 4.98 Å². The van der Waals surface area contributed by atoms with Gasteiger partial charge < -0.3 is 9.64 Å². The quantitative estimate of drug-likeness (QED) is 0.756. The van der Waals surface area contributed by atoms with Gasteiger partial charge in [0.2, 0.25) is 23.6 Å². The van der Waals surface area contributed by atoms with Gasteiger partial charge in [0.25, 0.3) is 0 Å². The third-order valence-corrected chi connectivity index (χ3v) is 4.12. The van der Waals surface area contributed by atoms with Crippen LogP contribution < -0.4 is 4.74 Å². The van der Waals surface area contributed by atoms with Crippen molar-refractivity contribution < 1.29 is 19.1 Å². The van der Waals surface area contributed by atoms with E-state index in [0.717, 1.165) is 10.5 Å². The van der Waals surface area contributed by atoms with Gasteiger partial charge in [-0.15, -0.1) is 0 Å². The number of aryl methyl sites for hydroxylation is 1. The lowest BCUT2D eigenvalue weighted by molar-refractivity contribution is -0.145. The molecule has 1 atom stereocenters. The van der Waals surface area contributed by atoms with Crippen molar-refractivity contribution in [3.05, 3.63) is 23.9 Å². The fourth-order valence-corrected chi connectivity index (χ4v) is 2.78. The Kier molecular flexibility index (Phi) is 4.27. The van der Waals surface area contributed by atoms with Crippen LogP contribution >= 0.6 is 0 Å². The van der Waals surface area contributed by atoms with Crippen LogP contribution in [0.4, 0.5) is 0 Å². The van der Waals surface area contributed by atoms with Gasteiger partial charge in [0, 0.05) is 38.1 Å². The zero-order valence-corrected chi connectivity index (χ0v) is 13.0. The largest absolute Gasteiger partial charge is 0.472 e. The lowest BCUT2D eigenvalue weighted by Gasteiger charge is -2.20. The Hall–Kier alpha value is -2.44. The Bertz CT molecular complexity index is 613.